The lowest BCUT2D eigenvalue weighted by molar-refractivity contribution is -0.384. The highest BCUT2D eigenvalue weighted by Gasteiger charge is 2.17. The first-order valence-electron chi connectivity index (χ1n) is 6.31. The van der Waals surface area contributed by atoms with E-state index in [1.54, 1.807) is 12.1 Å². The van der Waals surface area contributed by atoms with Gasteiger partial charge in [-0.2, -0.15) is 0 Å². The van der Waals surface area contributed by atoms with Crippen LogP contribution < -0.4 is 5.73 Å². The Morgan fingerprint density at radius 2 is 2.11 bits per heavy atom. The van der Waals surface area contributed by atoms with Gasteiger partial charge in [-0.3, -0.25) is 15.0 Å². The highest BCUT2D eigenvalue weighted by atomic mass is 16.6. The van der Waals surface area contributed by atoms with E-state index in [4.69, 9.17) is 5.73 Å². The molecule has 0 atom stereocenters. The van der Waals surface area contributed by atoms with Crippen LogP contribution in [0.3, 0.4) is 0 Å². The largest absolute Gasteiger partial charge is 0.393 e. The molecule has 2 rings (SSSR count). The highest BCUT2D eigenvalue weighted by molar-refractivity contribution is 5.59. The molecule has 1 saturated heterocycles. The summed E-state index contributed by atoms with van der Waals surface area (Å²) in [7, 11) is 0. The topological polar surface area (TPSA) is 72.4 Å². The smallest absolute Gasteiger partial charge is 0.292 e. The van der Waals surface area contributed by atoms with Crippen molar-refractivity contribution >= 4 is 11.4 Å². The lowest BCUT2D eigenvalue weighted by Crippen LogP contribution is -2.32. The van der Waals surface area contributed by atoms with E-state index in [-0.39, 0.29) is 11.4 Å². The second-order valence-corrected chi connectivity index (χ2v) is 5.11. The zero-order valence-corrected chi connectivity index (χ0v) is 10.6. The molecule has 1 fully saturated rings. The number of nitrogen functional groups attached to an aromatic ring is 1. The van der Waals surface area contributed by atoms with Crippen LogP contribution in [0.15, 0.2) is 18.2 Å². The summed E-state index contributed by atoms with van der Waals surface area (Å²) in [5.74, 6) is 0.794. The van der Waals surface area contributed by atoms with E-state index in [9.17, 15) is 10.1 Å². The van der Waals surface area contributed by atoms with E-state index in [0.717, 1.165) is 31.1 Å². The van der Waals surface area contributed by atoms with Crippen molar-refractivity contribution in [3.8, 4) is 0 Å². The predicted molar refractivity (Wildman–Crippen MR) is 71.2 cm³/mol. The summed E-state index contributed by atoms with van der Waals surface area (Å²) in [5.41, 5.74) is 6.79. The molecule has 2 N–H and O–H groups in total. The number of rotatable bonds is 3. The molecule has 1 aromatic rings. The van der Waals surface area contributed by atoms with Crippen molar-refractivity contribution in [2.45, 2.75) is 26.3 Å². The van der Waals surface area contributed by atoms with E-state index in [1.807, 2.05) is 6.07 Å². The fourth-order valence-corrected chi connectivity index (χ4v) is 2.32. The first-order chi connectivity index (χ1) is 8.56. The van der Waals surface area contributed by atoms with Crippen LogP contribution >= 0.6 is 0 Å². The first-order valence-corrected chi connectivity index (χ1v) is 6.31. The number of hydrogen-bond donors (Lipinski definition) is 1. The van der Waals surface area contributed by atoms with Crippen LogP contribution in [-0.4, -0.2) is 22.9 Å². The molecular formula is C13H19N3O2. The van der Waals surface area contributed by atoms with Crippen molar-refractivity contribution < 1.29 is 4.92 Å². The minimum atomic E-state index is -0.420. The summed E-state index contributed by atoms with van der Waals surface area (Å²) in [6.07, 6.45) is 2.41. The second-order valence-electron chi connectivity index (χ2n) is 5.11. The molecule has 1 heterocycles. The van der Waals surface area contributed by atoms with Gasteiger partial charge in [0, 0.05) is 12.6 Å². The van der Waals surface area contributed by atoms with E-state index in [2.05, 4.69) is 11.8 Å². The van der Waals surface area contributed by atoms with E-state index >= 15 is 0 Å². The molecule has 0 bridgehead atoms. The van der Waals surface area contributed by atoms with E-state index in [0.29, 0.717) is 0 Å². The summed E-state index contributed by atoms with van der Waals surface area (Å²) in [6, 6.07) is 5.09. The van der Waals surface area contributed by atoms with Crippen LogP contribution in [-0.2, 0) is 6.54 Å². The van der Waals surface area contributed by atoms with Crippen LogP contribution in [0.1, 0.15) is 25.3 Å². The number of nitrogens with zero attached hydrogens (tertiary/aromatic N) is 2. The number of piperidine rings is 1. The number of nitrogens with two attached hydrogens (primary N) is 1. The Bertz CT molecular complexity index is 440. The Morgan fingerprint density at radius 1 is 1.44 bits per heavy atom. The molecule has 0 amide bonds. The van der Waals surface area contributed by atoms with E-state index < -0.39 is 4.92 Å². The number of likely N-dealkylation sites (tertiary alicyclic amines) is 1. The maximum Gasteiger partial charge on any atom is 0.292 e. The molecule has 0 spiro atoms. The lowest BCUT2D eigenvalue weighted by Gasteiger charge is -2.30. The first kappa shape index (κ1) is 12.8. The van der Waals surface area contributed by atoms with Crippen molar-refractivity contribution in [2.75, 3.05) is 18.8 Å². The Balaban J connectivity index is 2.05. The number of benzene rings is 1. The average Bonchev–Trinajstić information content (AvgIpc) is 2.34. The molecule has 5 heteroatoms. The minimum absolute atomic E-state index is 0.0119. The molecule has 98 valence electrons. The summed E-state index contributed by atoms with van der Waals surface area (Å²) < 4.78 is 0. The second kappa shape index (κ2) is 5.35. The third-order valence-corrected chi connectivity index (χ3v) is 3.57. The molecule has 1 aliphatic rings. The van der Waals surface area contributed by atoms with Gasteiger partial charge in [-0.05, 0) is 43.5 Å². The maximum absolute atomic E-state index is 10.8. The lowest BCUT2D eigenvalue weighted by atomic mass is 9.99. The molecule has 18 heavy (non-hydrogen) atoms. The van der Waals surface area contributed by atoms with Gasteiger partial charge in [-0.1, -0.05) is 13.0 Å². The Hall–Kier alpha value is -1.62. The van der Waals surface area contributed by atoms with Gasteiger partial charge in [0.25, 0.3) is 5.69 Å². The van der Waals surface area contributed by atoms with Gasteiger partial charge in [0.1, 0.15) is 5.69 Å². The monoisotopic (exact) mass is 249 g/mol. The maximum atomic E-state index is 10.8. The number of nitro groups is 1. The normalized spacial score (nSPS) is 17.8. The molecular weight excluding hydrogens is 230 g/mol. The van der Waals surface area contributed by atoms with Crippen molar-refractivity contribution in [3.05, 3.63) is 33.9 Å². The Labute approximate surface area is 107 Å². The molecule has 0 radical (unpaired) electrons. The standard InChI is InChI=1S/C13H19N3O2/c1-10-4-6-15(7-5-10)9-11-2-3-12(14)13(8-11)16(17)18/h2-3,8,10H,4-7,9,14H2,1H3. The molecule has 5 nitrogen and oxygen atoms in total. The molecule has 1 aromatic carbocycles. The summed E-state index contributed by atoms with van der Waals surface area (Å²) in [4.78, 5) is 12.7. The van der Waals surface area contributed by atoms with Gasteiger partial charge in [0.15, 0.2) is 0 Å². The van der Waals surface area contributed by atoms with E-state index in [1.165, 1.54) is 12.8 Å². The fraction of sp³-hybridized carbons (Fsp3) is 0.538. The van der Waals surface area contributed by atoms with Crippen LogP contribution in [0, 0.1) is 16.0 Å². The zero-order chi connectivity index (χ0) is 13.1. The summed E-state index contributed by atoms with van der Waals surface area (Å²) in [5, 5.41) is 10.8. The van der Waals surface area contributed by atoms with Crippen molar-refractivity contribution in [1.29, 1.82) is 0 Å². The average molecular weight is 249 g/mol. The minimum Gasteiger partial charge on any atom is -0.393 e. The van der Waals surface area contributed by atoms with Gasteiger partial charge >= 0.3 is 0 Å². The van der Waals surface area contributed by atoms with Gasteiger partial charge in [-0.25, -0.2) is 0 Å². The zero-order valence-electron chi connectivity index (χ0n) is 10.6. The van der Waals surface area contributed by atoms with Gasteiger partial charge in [0.05, 0.1) is 4.92 Å². The molecule has 0 unspecified atom stereocenters. The van der Waals surface area contributed by atoms with Crippen LogP contribution in [0.25, 0.3) is 0 Å². The number of anilines is 1. The highest BCUT2D eigenvalue weighted by Crippen LogP contribution is 2.24. The Kier molecular flexibility index (Phi) is 3.81. The summed E-state index contributed by atoms with van der Waals surface area (Å²) >= 11 is 0. The Morgan fingerprint density at radius 3 is 2.72 bits per heavy atom. The third-order valence-electron chi connectivity index (χ3n) is 3.57. The van der Waals surface area contributed by atoms with Crippen molar-refractivity contribution in [1.82, 2.24) is 4.90 Å². The predicted octanol–water partition coefficient (Wildman–Crippen LogP) is 2.41. The quantitative estimate of drug-likeness (QED) is 0.507. The van der Waals surface area contributed by atoms with Crippen molar-refractivity contribution in [3.63, 3.8) is 0 Å². The molecule has 1 aliphatic heterocycles. The molecule has 0 saturated carbocycles. The van der Waals surface area contributed by atoms with Crippen LogP contribution in [0.2, 0.25) is 0 Å². The molecule has 0 aromatic heterocycles. The number of hydrogen-bond acceptors (Lipinski definition) is 4. The van der Waals surface area contributed by atoms with Gasteiger partial charge in [-0.15, -0.1) is 0 Å². The third kappa shape index (κ3) is 2.98. The van der Waals surface area contributed by atoms with Gasteiger partial charge in [0.2, 0.25) is 0 Å². The van der Waals surface area contributed by atoms with Crippen LogP contribution in [0.5, 0.6) is 0 Å². The molecule has 0 aliphatic carbocycles. The number of nitro benzene ring substituents is 1. The SMILES string of the molecule is CC1CCN(Cc2ccc(N)c([N+](=O)[O-])c2)CC1. The summed E-state index contributed by atoms with van der Waals surface area (Å²) in [6.45, 7) is 5.18. The van der Waals surface area contributed by atoms with Crippen molar-refractivity contribution in [2.24, 2.45) is 5.92 Å². The van der Waals surface area contributed by atoms with Gasteiger partial charge < -0.3 is 5.73 Å². The fourth-order valence-electron chi connectivity index (χ4n) is 2.32. The van der Waals surface area contributed by atoms with Crippen LogP contribution in [0.4, 0.5) is 11.4 Å².